The summed E-state index contributed by atoms with van der Waals surface area (Å²) in [5.41, 5.74) is 1.03. The van der Waals surface area contributed by atoms with Crippen LogP contribution in [0.4, 0.5) is 11.6 Å². The van der Waals surface area contributed by atoms with E-state index in [1.807, 2.05) is 0 Å². The molecule has 0 bridgehead atoms. The van der Waals surface area contributed by atoms with Crippen LogP contribution in [0.1, 0.15) is 23.2 Å². The Labute approximate surface area is 149 Å². The van der Waals surface area contributed by atoms with Gasteiger partial charge < -0.3 is 15.4 Å². The van der Waals surface area contributed by atoms with Crippen molar-refractivity contribution in [2.45, 2.75) is 18.9 Å². The minimum atomic E-state index is -0.221. The Morgan fingerprint density at radius 3 is 2.75 bits per heavy atom. The van der Waals surface area contributed by atoms with Crippen molar-refractivity contribution >= 4 is 40.7 Å². The molecule has 2 N–H and O–H groups in total. The summed E-state index contributed by atoms with van der Waals surface area (Å²) in [7, 11) is 0. The summed E-state index contributed by atoms with van der Waals surface area (Å²) < 4.78 is 5.47. The Bertz CT molecular complexity index is 719. The van der Waals surface area contributed by atoms with E-state index in [4.69, 9.17) is 27.9 Å². The number of ether oxygens (including phenoxy) is 1. The van der Waals surface area contributed by atoms with Crippen LogP contribution in [0.3, 0.4) is 0 Å². The molecule has 126 valence electrons. The van der Waals surface area contributed by atoms with Crippen molar-refractivity contribution in [1.29, 1.82) is 0 Å². The average molecular weight is 367 g/mol. The van der Waals surface area contributed by atoms with Gasteiger partial charge in [-0.2, -0.15) is 0 Å². The molecule has 24 heavy (non-hydrogen) atoms. The molecular formula is C16H16Cl2N4O2. The molecule has 2 heterocycles. The van der Waals surface area contributed by atoms with E-state index >= 15 is 0 Å². The van der Waals surface area contributed by atoms with E-state index in [1.54, 1.807) is 18.2 Å². The fraction of sp³-hybridized carbons (Fsp3) is 0.312. The van der Waals surface area contributed by atoms with E-state index in [0.717, 1.165) is 19.4 Å². The second-order valence-electron chi connectivity index (χ2n) is 5.39. The topological polar surface area (TPSA) is 76.1 Å². The van der Waals surface area contributed by atoms with Crippen molar-refractivity contribution in [3.05, 3.63) is 46.2 Å². The molecule has 3 rings (SSSR count). The van der Waals surface area contributed by atoms with Gasteiger partial charge in [0.1, 0.15) is 0 Å². The van der Waals surface area contributed by atoms with Crippen LogP contribution in [0, 0.1) is 0 Å². The maximum absolute atomic E-state index is 12.1. The highest BCUT2D eigenvalue weighted by atomic mass is 35.5. The average Bonchev–Trinajstić information content (AvgIpc) is 3.09. The maximum atomic E-state index is 12.1. The second-order valence-corrected chi connectivity index (χ2v) is 6.23. The largest absolute Gasteiger partial charge is 0.376 e. The van der Waals surface area contributed by atoms with Crippen LogP contribution in [0.15, 0.2) is 30.6 Å². The van der Waals surface area contributed by atoms with Crippen LogP contribution in [0.2, 0.25) is 10.0 Å². The molecule has 0 aliphatic carbocycles. The first-order valence-corrected chi connectivity index (χ1v) is 8.31. The summed E-state index contributed by atoms with van der Waals surface area (Å²) in [6, 6.07) is 5.07. The minimum absolute atomic E-state index is 0.0999. The molecule has 2 aromatic rings. The van der Waals surface area contributed by atoms with E-state index in [2.05, 4.69) is 20.6 Å². The Morgan fingerprint density at radius 2 is 2.08 bits per heavy atom. The lowest BCUT2D eigenvalue weighted by molar-refractivity contribution is 0.0857. The molecule has 1 unspecified atom stereocenters. The van der Waals surface area contributed by atoms with Gasteiger partial charge in [0.2, 0.25) is 5.95 Å². The number of nitrogens with zero attached hydrogens (tertiary/aromatic N) is 2. The maximum Gasteiger partial charge on any atom is 0.254 e. The van der Waals surface area contributed by atoms with E-state index < -0.39 is 0 Å². The predicted octanol–water partition coefficient (Wildman–Crippen LogP) is 3.44. The van der Waals surface area contributed by atoms with E-state index in [9.17, 15) is 4.79 Å². The highest BCUT2D eigenvalue weighted by Gasteiger charge is 2.17. The number of carbonyl (C=O) groups is 1. The zero-order chi connectivity index (χ0) is 16.9. The lowest BCUT2D eigenvalue weighted by Gasteiger charge is -2.11. The van der Waals surface area contributed by atoms with Crippen LogP contribution in [-0.2, 0) is 4.74 Å². The Hall–Kier alpha value is -1.89. The first-order chi connectivity index (χ1) is 11.6. The molecule has 6 nitrogen and oxygen atoms in total. The zero-order valence-electron chi connectivity index (χ0n) is 12.8. The minimum Gasteiger partial charge on any atom is -0.376 e. The fourth-order valence-electron chi connectivity index (χ4n) is 2.34. The van der Waals surface area contributed by atoms with E-state index in [1.165, 1.54) is 12.4 Å². The van der Waals surface area contributed by atoms with Crippen LogP contribution in [0.5, 0.6) is 0 Å². The third-order valence-electron chi connectivity index (χ3n) is 3.61. The van der Waals surface area contributed by atoms with Crippen molar-refractivity contribution < 1.29 is 9.53 Å². The van der Waals surface area contributed by atoms with Gasteiger partial charge >= 0.3 is 0 Å². The molecular weight excluding hydrogens is 351 g/mol. The standard InChI is InChI=1S/C16H16Cl2N4O2/c17-11-3-4-14(13(18)6-11)22-16-20-7-10(8-21-16)15(23)19-9-12-2-1-5-24-12/h3-4,6-8,12H,1-2,5,9H2,(H,19,23)(H,20,21,22). The number of rotatable bonds is 5. The molecule has 0 saturated carbocycles. The number of hydrogen-bond donors (Lipinski definition) is 2. The number of anilines is 2. The molecule has 1 amide bonds. The molecule has 1 aliphatic rings. The van der Waals surface area contributed by atoms with Crippen molar-refractivity contribution in [3.63, 3.8) is 0 Å². The van der Waals surface area contributed by atoms with Gasteiger partial charge in [0.25, 0.3) is 5.91 Å². The Balaban J connectivity index is 1.59. The van der Waals surface area contributed by atoms with Crippen LogP contribution >= 0.6 is 23.2 Å². The van der Waals surface area contributed by atoms with Crippen LogP contribution < -0.4 is 10.6 Å². The summed E-state index contributed by atoms with van der Waals surface area (Å²) in [6.45, 7) is 1.26. The van der Waals surface area contributed by atoms with Gasteiger partial charge in [-0.3, -0.25) is 4.79 Å². The van der Waals surface area contributed by atoms with Crippen LogP contribution in [0.25, 0.3) is 0 Å². The predicted molar refractivity (Wildman–Crippen MR) is 93.1 cm³/mol. The molecule has 1 atom stereocenters. The van der Waals surface area contributed by atoms with Crippen molar-refractivity contribution in [3.8, 4) is 0 Å². The number of amides is 1. The van der Waals surface area contributed by atoms with E-state index in [-0.39, 0.29) is 12.0 Å². The number of carbonyl (C=O) groups excluding carboxylic acids is 1. The number of benzene rings is 1. The number of aromatic nitrogens is 2. The van der Waals surface area contributed by atoms with Gasteiger partial charge in [0.05, 0.1) is 22.4 Å². The number of nitrogens with one attached hydrogen (secondary N) is 2. The molecule has 0 spiro atoms. The van der Waals surface area contributed by atoms with Gasteiger partial charge in [-0.25, -0.2) is 9.97 Å². The molecule has 8 heteroatoms. The summed E-state index contributed by atoms with van der Waals surface area (Å²) in [5.74, 6) is 0.122. The number of halogens is 2. The first-order valence-electron chi connectivity index (χ1n) is 7.56. The third-order valence-corrected chi connectivity index (χ3v) is 4.15. The smallest absolute Gasteiger partial charge is 0.254 e. The monoisotopic (exact) mass is 366 g/mol. The number of hydrogen-bond acceptors (Lipinski definition) is 5. The molecule has 1 saturated heterocycles. The Morgan fingerprint density at radius 1 is 1.29 bits per heavy atom. The molecule has 1 fully saturated rings. The van der Waals surface area contributed by atoms with Crippen molar-refractivity contribution in [2.75, 3.05) is 18.5 Å². The molecule has 1 aliphatic heterocycles. The van der Waals surface area contributed by atoms with Gasteiger partial charge in [0.15, 0.2) is 0 Å². The lowest BCUT2D eigenvalue weighted by Crippen LogP contribution is -2.31. The van der Waals surface area contributed by atoms with Crippen molar-refractivity contribution in [2.24, 2.45) is 0 Å². The van der Waals surface area contributed by atoms with Gasteiger partial charge in [-0.15, -0.1) is 0 Å². The summed E-state index contributed by atoms with van der Waals surface area (Å²) in [5, 5.41) is 6.81. The molecule has 1 aromatic carbocycles. The highest BCUT2D eigenvalue weighted by Crippen LogP contribution is 2.27. The normalized spacial score (nSPS) is 16.8. The first kappa shape index (κ1) is 17.0. The Kier molecular flexibility index (Phi) is 5.50. The molecule has 1 aromatic heterocycles. The van der Waals surface area contributed by atoms with Gasteiger partial charge in [-0.05, 0) is 31.0 Å². The van der Waals surface area contributed by atoms with Crippen molar-refractivity contribution in [1.82, 2.24) is 15.3 Å². The molecule has 0 radical (unpaired) electrons. The summed E-state index contributed by atoms with van der Waals surface area (Å²) in [4.78, 5) is 20.3. The summed E-state index contributed by atoms with van der Waals surface area (Å²) >= 11 is 11.9. The quantitative estimate of drug-likeness (QED) is 0.847. The third kappa shape index (κ3) is 4.35. The lowest BCUT2D eigenvalue weighted by atomic mass is 10.2. The SMILES string of the molecule is O=C(NCC1CCCO1)c1cnc(Nc2ccc(Cl)cc2Cl)nc1. The van der Waals surface area contributed by atoms with Crippen LogP contribution in [-0.4, -0.2) is 35.1 Å². The summed E-state index contributed by atoms with van der Waals surface area (Å²) in [6.07, 6.45) is 5.04. The highest BCUT2D eigenvalue weighted by molar-refractivity contribution is 6.36. The van der Waals surface area contributed by atoms with E-state index in [0.29, 0.717) is 33.8 Å². The second kappa shape index (κ2) is 7.79. The fourth-order valence-corrected chi connectivity index (χ4v) is 2.79. The van der Waals surface area contributed by atoms with Gasteiger partial charge in [-0.1, -0.05) is 23.2 Å². The zero-order valence-corrected chi connectivity index (χ0v) is 14.3. The van der Waals surface area contributed by atoms with Gasteiger partial charge in [0, 0.05) is 30.6 Å².